The molecule has 0 saturated heterocycles. The summed E-state index contributed by atoms with van der Waals surface area (Å²) in [6.07, 6.45) is 28.1. The van der Waals surface area contributed by atoms with E-state index in [2.05, 4.69) is 65.7 Å². The molecule has 180 valence electrons. The highest BCUT2D eigenvalue weighted by Gasteiger charge is 2.17. The van der Waals surface area contributed by atoms with Crippen molar-refractivity contribution in [2.45, 2.75) is 136 Å². The number of unbranched alkanes of at least 4 members (excludes halogenated alkanes) is 14. The third-order valence-corrected chi connectivity index (χ3v) is 6.79. The molecule has 0 aliphatic carbocycles. The highest BCUT2D eigenvalue weighted by atomic mass is 15.1. The lowest BCUT2D eigenvalue weighted by molar-refractivity contribution is -0.704. The lowest BCUT2D eigenvalue weighted by Crippen LogP contribution is -2.37. The second kappa shape index (κ2) is 17.9. The van der Waals surface area contributed by atoms with Crippen LogP contribution in [-0.4, -0.2) is 4.57 Å². The third kappa shape index (κ3) is 11.3. The largest absolute Gasteiger partial charge is 0.256 e. The van der Waals surface area contributed by atoms with Gasteiger partial charge in [-0.2, -0.15) is 0 Å². The van der Waals surface area contributed by atoms with E-state index in [1.807, 2.05) is 0 Å². The minimum atomic E-state index is 0.997. The van der Waals surface area contributed by atoms with Gasteiger partial charge in [0.2, 0.25) is 0 Å². The first-order valence-electron chi connectivity index (χ1n) is 14.0. The molecule has 0 radical (unpaired) electrons. The van der Waals surface area contributed by atoms with Crippen LogP contribution in [0.5, 0.6) is 0 Å². The Bertz CT molecular complexity index is 673. The van der Waals surface area contributed by atoms with Gasteiger partial charge in [-0.1, -0.05) is 128 Å². The molecule has 0 atom stereocenters. The fraction of sp³-hybridized carbons (Fsp3) is 0.700. The van der Waals surface area contributed by atoms with Crippen LogP contribution in [0.1, 0.15) is 128 Å². The minimum Gasteiger partial charge on any atom is -0.234 e. The molecule has 0 aliphatic rings. The van der Waals surface area contributed by atoms with Crippen LogP contribution in [0.4, 0.5) is 0 Å². The summed E-state index contributed by atoms with van der Waals surface area (Å²) in [7, 11) is 0. The average Bonchev–Trinajstić information content (AvgIpc) is 3.19. The Morgan fingerprint density at radius 3 is 1.75 bits per heavy atom. The SMILES string of the molecule is CCCCCCCCCCCCc1n(Cc2ccccc2)cc[n+]1CCCCCCCC. The average molecular weight is 440 g/mol. The second-order valence-electron chi connectivity index (χ2n) is 9.72. The van der Waals surface area contributed by atoms with E-state index in [-0.39, 0.29) is 0 Å². The van der Waals surface area contributed by atoms with Crippen molar-refractivity contribution >= 4 is 0 Å². The van der Waals surface area contributed by atoms with Crippen molar-refractivity contribution in [1.82, 2.24) is 4.57 Å². The maximum Gasteiger partial charge on any atom is 0.256 e. The Kier molecular flexibility index (Phi) is 14.9. The van der Waals surface area contributed by atoms with Crippen LogP contribution < -0.4 is 4.57 Å². The van der Waals surface area contributed by atoms with E-state index >= 15 is 0 Å². The maximum atomic E-state index is 2.55. The summed E-state index contributed by atoms with van der Waals surface area (Å²) >= 11 is 0. The zero-order valence-electron chi connectivity index (χ0n) is 21.4. The van der Waals surface area contributed by atoms with Crippen molar-refractivity contribution in [2.75, 3.05) is 0 Å². The van der Waals surface area contributed by atoms with Crippen molar-refractivity contribution in [3.8, 4) is 0 Å². The highest BCUT2D eigenvalue weighted by Crippen LogP contribution is 2.13. The van der Waals surface area contributed by atoms with Crippen LogP contribution in [0, 0.1) is 0 Å². The number of hydrogen-bond acceptors (Lipinski definition) is 0. The van der Waals surface area contributed by atoms with Gasteiger partial charge in [0, 0.05) is 6.42 Å². The maximum absolute atomic E-state index is 2.55. The van der Waals surface area contributed by atoms with Gasteiger partial charge in [0.25, 0.3) is 5.82 Å². The number of imidazole rings is 1. The lowest BCUT2D eigenvalue weighted by Gasteiger charge is -2.07. The van der Waals surface area contributed by atoms with E-state index in [9.17, 15) is 0 Å². The van der Waals surface area contributed by atoms with Crippen molar-refractivity contribution < 1.29 is 4.57 Å². The molecule has 1 aromatic heterocycles. The fourth-order valence-electron chi connectivity index (χ4n) is 4.75. The summed E-state index contributed by atoms with van der Waals surface area (Å²) < 4.78 is 5.05. The molecule has 0 spiro atoms. The fourth-order valence-corrected chi connectivity index (χ4v) is 4.75. The topological polar surface area (TPSA) is 8.81 Å². The summed E-state index contributed by atoms with van der Waals surface area (Å²) in [6.45, 7) is 6.78. The summed E-state index contributed by atoms with van der Waals surface area (Å²) in [5.74, 6) is 1.53. The number of hydrogen-bond donors (Lipinski definition) is 0. The quantitative estimate of drug-likeness (QED) is 0.144. The van der Waals surface area contributed by atoms with Crippen LogP contribution in [0.15, 0.2) is 42.7 Å². The number of benzene rings is 1. The Hall–Kier alpha value is -1.57. The predicted molar refractivity (Wildman–Crippen MR) is 139 cm³/mol. The van der Waals surface area contributed by atoms with Gasteiger partial charge in [0.05, 0.1) is 6.54 Å². The van der Waals surface area contributed by atoms with Crippen LogP contribution in [0.3, 0.4) is 0 Å². The summed E-state index contributed by atoms with van der Waals surface area (Å²) in [5, 5.41) is 0. The molecule has 2 nitrogen and oxygen atoms in total. The summed E-state index contributed by atoms with van der Waals surface area (Å²) in [4.78, 5) is 0. The molecule has 1 heterocycles. The van der Waals surface area contributed by atoms with E-state index in [0.717, 1.165) is 6.54 Å². The van der Waals surface area contributed by atoms with Crippen molar-refractivity contribution in [3.05, 3.63) is 54.1 Å². The normalized spacial score (nSPS) is 11.3. The molecule has 2 rings (SSSR count). The van der Waals surface area contributed by atoms with Crippen molar-refractivity contribution in [1.29, 1.82) is 0 Å². The van der Waals surface area contributed by atoms with Crippen LogP contribution in [0.2, 0.25) is 0 Å². The van der Waals surface area contributed by atoms with Gasteiger partial charge in [-0.25, -0.2) is 9.13 Å². The monoisotopic (exact) mass is 439 g/mol. The molecule has 2 heteroatoms. The van der Waals surface area contributed by atoms with E-state index in [0.29, 0.717) is 0 Å². The Morgan fingerprint density at radius 2 is 1.16 bits per heavy atom. The number of aryl methyl sites for hydroxylation is 1. The van der Waals surface area contributed by atoms with Crippen molar-refractivity contribution in [3.63, 3.8) is 0 Å². The van der Waals surface area contributed by atoms with E-state index in [1.54, 1.807) is 0 Å². The Labute approximate surface area is 199 Å². The first-order valence-corrected chi connectivity index (χ1v) is 14.0. The molecule has 0 fully saturated rings. The van der Waals surface area contributed by atoms with Gasteiger partial charge >= 0.3 is 0 Å². The molecule has 0 N–H and O–H groups in total. The zero-order chi connectivity index (χ0) is 22.7. The van der Waals surface area contributed by atoms with Gasteiger partial charge in [0.1, 0.15) is 18.9 Å². The van der Waals surface area contributed by atoms with E-state index < -0.39 is 0 Å². The zero-order valence-corrected chi connectivity index (χ0v) is 21.4. The van der Waals surface area contributed by atoms with Crippen LogP contribution in [0.25, 0.3) is 0 Å². The standard InChI is InChI=1S/C30H51N2/c1-3-5-7-9-11-12-13-14-15-20-24-30-31(25-21-16-10-8-6-4-2)26-27-32(30)28-29-22-18-17-19-23-29/h17-19,22-23,26-27H,3-16,20-21,24-25,28H2,1-2H3/q+1. The molecule has 0 saturated carbocycles. The molecule has 32 heavy (non-hydrogen) atoms. The molecule has 0 bridgehead atoms. The second-order valence-corrected chi connectivity index (χ2v) is 9.72. The molecule has 1 aromatic carbocycles. The first-order chi connectivity index (χ1) is 15.8. The molecule has 0 aliphatic heterocycles. The Morgan fingerprint density at radius 1 is 0.625 bits per heavy atom. The van der Waals surface area contributed by atoms with Gasteiger partial charge in [-0.05, 0) is 24.8 Å². The van der Waals surface area contributed by atoms with Gasteiger partial charge in [0.15, 0.2) is 0 Å². The molecule has 2 aromatic rings. The first kappa shape index (κ1) is 26.7. The molecular formula is C30H51N2+. The van der Waals surface area contributed by atoms with E-state index in [4.69, 9.17) is 0 Å². The van der Waals surface area contributed by atoms with Crippen LogP contribution in [-0.2, 0) is 19.5 Å². The van der Waals surface area contributed by atoms with Gasteiger partial charge in [-0.15, -0.1) is 0 Å². The minimum absolute atomic E-state index is 0.997. The summed E-state index contributed by atoms with van der Waals surface area (Å²) in [5.41, 5.74) is 1.40. The Balaban J connectivity index is 1.77. The number of nitrogens with zero attached hydrogens (tertiary/aromatic N) is 2. The molecule has 0 amide bonds. The van der Waals surface area contributed by atoms with Crippen LogP contribution >= 0.6 is 0 Å². The predicted octanol–water partition coefficient (Wildman–Crippen LogP) is 8.65. The molecular weight excluding hydrogens is 388 g/mol. The lowest BCUT2D eigenvalue weighted by atomic mass is 10.1. The third-order valence-electron chi connectivity index (χ3n) is 6.79. The van der Waals surface area contributed by atoms with Gasteiger partial charge < -0.3 is 0 Å². The number of aromatic nitrogens is 2. The summed E-state index contributed by atoms with van der Waals surface area (Å²) in [6, 6.07) is 10.9. The van der Waals surface area contributed by atoms with Crippen molar-refractivity contribution in [2.24, 2.45) is 0 Å². The van der Waals surface area contributed by atoms with Gasteiger partial charge in [-0.3, -0.25) is 0 Å². The highest BCUT2D eigenvalue weighted by molar-refractivity contribution is 5.15. The molecule has 0 unspecified atom stereocenters. The number of rotatable bonds is 20. The van der Waals surface area contributed by atoms with E-state index in [1.165, 1.54) is 127 Å². The smallest absolute Gasteiger partial charge is 0.234 e.